The van der Waals surface area contributed by atoms with E-state index in [0.29, 0.717) is 21.8 Å². The van der Waals surface area contributed by atoms with Gasteiger partial charge in [-0.3, -0.25) is 0 Å². The summed E-state index contributed by atoms with van der Waals surface area (Å²) in [6.45, 7) is 0. The van der Waals surface area contributed by atoms with Gasteiger partial charge in [0.1, 0.15) is 0 Å². The quantitative estimate of drug-likeness (QED) is 0.449. The first kappa shape index (κ1) is 13.2. The van der Waals surface area contributed by atoms with Crippen LogP contribution in [-0.2, 0) is 0 Å². The number of pyridine rings is 1. The van der Waals surface area contributed by atoms with Crippen LogP contribution in [0.15, 0.2) is 60.9 Å². The van der Waals surface area contributed by atoms with Gasteiger partial charge in [-0.2, -0.15) is 19.3 Å². The summed E-state index contributed by atoms with van der Waals surface area (Å²) >= 11 is 0. The van der Waals surface area contributed by atoms with E-state index in [1.807, 2.05) is 36.4 Å². The van der Waals surface area contributed by atoms with Gasteiger partial charge in [-0.25, -0.2) is 4.98 Å². The molecule has 4 rings (SSSR count). The second-order valence-corrected chi connectivity index (χ2v) is 5.02. The third-order valence-corrected chi connectivity index (χ3v) is 3.45. The molecule has 7 heteroatoms. The minimum absolute atomic E-state index is 0.216. The molecule has 0 atom stereocenters. The van der Waals surface area contributed by atoms with Gasteiger partial charge >= 0.3 is 0 Å². The molecular weight excluding hydrogens is 292 g/mol. The van der Waals surface area contributed by atoms with Crippen LogP contribution in [0, 0.1) is 5.21 Å². The highest BCUT2D eigenvalue weighted by Gasteiger charge is 2.12. The molecule has 3 aromatic heterocycles. The van der Waals surface area contributed by atoms with Gasteiger partial charge in [0.15, 0.2) is 23.9 Å². The van der Waals surface area contributed by atoms with Gasteiger partial charge in [-0.05, 0) is 6.07 Å². The van der Waals surface area contributed by atoms with Crippen LogP contribution in [-0.4, -0.2) is 19.6 Å². The molecule has 0 saturated heterocycles. The molecule has 0 bridgehead atoms. The van der Waals surface area contributed by atoms with Gasteiger partial charge in [0, 0.05) is 17.7 Å². The molecule has 0 amide bonds. The Morgan fingerprint density at radius 2 is 1.78 bits per heavy atom. The fourth-order valence-electron chi connectivity index (χ4n) is 2.37. The lowest BCUT2D eigenvalue weighted by molar-refractivity contribution is -0.604. The highest BCUT2D eigenvalue weighted by molar-refractivity contribution is 5.66. The van der Waals surface area contributed by atoms with Crippen molar-refractivity contribution in [3.05, 3.63) is 66.1 Å². The Morgan fingerprint density at radius 1 is 1.00 bits per heavy atom. The number of nitrogen functional groups attached to an aromatic ring is 1. The fourth-order valence-corrected chi connectivity index (χ4v) is 2.37. The maximum absolute atomic E-state index is 11.4. The summed E-state index contributed by atoms with van der Waals surface area (Å²) in [7, 11) is 0. The standard InChI is InChI=1S/C16H12N6O/c17-16-19-15(12-7-4-8-21(23)10-12)18-14-9-13(20-22(14)16)11-5-2-1-3-6-11/h1-10H,(H2,17,18,19). The Kier molecular flexibility index (Phi) is 2.90. The van der Waals surface area contributed by atoms with Crippen LogP contribution >= 0.6 is 0 Å². The molecule has 0 spiro atoms. The molecule has 0 aliphatic heterocycles. The van der Waals surface area contributed by atoms with Gasteiger partial charge in [0.2, 0.25) is 5.95 Å². The zero-order chi connectivity index (χ0) is 15.8. The molecule has 0 fully saturated rings. The fraction of sp³-hybridized carbons (Fsp3) is 0. The molecule has 7 nitrogen and oxygen atoms in total. The first-order valence-corrected chi connectivity index (χ1v) is 6.98. The van der Waals surface area contributed by atoms with E-state index in [0.717, 1.165) is 11.3 Å². The molecule has 0 radical (unpaired) electrons. The lowest BCUT2D eigenvalue weighted by Crippen LogP contribution is -2.24. The highest BCUT2D eigenvalue weighted by Crippen LogP contribution is 2.21. The number of rotatable bonds is 2. The number of anilines is 1. The molecular formula is C16H12N6O. The number of hydrogen-bond donors (Lipinski definition) is 1. The lowest BCUT2D eigenvalue weighted by atomic mass is 10.2. The van der Waals surface area contributed by atoms with E-state index in [-0.39, 0.29) is 5.95 Å². The molecule has 2 N–H and O–H groups in total. The average molecular weight is 304 g/mol. The van der Waals surface area contributed by atoms with E-state index >= 15 is 0 Å². The Hall–Kier alpha value is -3.48. The van der Waals surface area contributed by atoms with E-state index < -0.39 is 0 Å². The number of hydrogen-bond acceptors (Lipinski definition) is 5. The van der Waals surface area contributed by atoms with Crippen LogP contribution in [0.5, 0.6) is 0 Å². The van der Waals surface area contributed by atoms with E-state index in [9.17, 15) is 5.21 Å². The smallest absolute Gasteiger partial charge is 0.225 e. The van der Waals surface area contributed by atoms with Crippen LogP contribution in [0.4, 0.5) is 5.95 Å². The second kappa shape index (κ2) is 5.06. The Morgan fingerprint density at radius 3 is 2.57 bits per heavy atom. The zero-order valence-electron chi connectivity index (χ0n) is 12.0. The summed E-state index contributed by atoms with van der Waals surface area (Å²) in [6.07, 6.45) is 2.80. The molecule has 23 heavy (non-hydrogen) atoms. The number of benzene rings is 1. The zero-order valence-corrected chi connectivity index (χ0v) is 12.0. The minimum Gasteiger partial charge on any atom is -0.619 e. The molecule has 3 heterocycles. The van der Waals surface area contributed by atoms with Crippen molar-refractivity contribution in [1.29, 1.82) is 0 Å². The molecule has 0 unspecified atom stereocenters. The summed E-state index contributed by atoms with van der Waals surface area (Å²) in [6, 6.07) is 15.0. The van der Waals surface area contributed by atoms with E-state index in [1.54, 1.807) is 12.1 Å². The predicted molar refractivity (Wildman–Crippen MR) is 85.0 cm³/mol. The van der Waals surface area contributed by atoms with Gasteiger partial charge in [0.05, 0.1) is 11.3 Å². The Balaban J connectivity index is 1.88. The summed E-state index contributed by atoms with van der Waals surface area (Å²) in [5.41, 5.74) is 8.89. The SMILES string of the molecule is Nc1nc(-c2ccc[n+]([O-])c2)nc2cc(-c3ccccc3)nn12. The average Bonchev–Trinajstić information content (AvgIpc) is 3.00. The van der Waals surface area contributed by atoms with Crippen LogP contribution in [0.3, 0.4) is 0 Å². The van der Waals surface area contributed by atoms with E-state index in [4.69, 9.17) is 5.73 Å². The van der Waals surface area contributed by atoms with Crippen molar-refractivity contribution >= 4 is 11.6 Å². The summed E-state index contributed by atoms with van der Waals surface area (Å²) in [5.74, 6) is 0.605. The van der Waals surface area contributed by atoms with Crippen molar-refractivity contribution in [2.75, 3.05) is 5.73 Å². The van der Waals surface area contributed by atoms with Crippen molar-refractivity contribution in [2.24, 2.45) is 0 Å². The molecule has 1 aromatic carbocycles. The van der Waals surface area contributed by atoms with Crippen LogP contribution in [0.2, 0.25) is 0 Å². The van der Waals surface area contributed by atoms with Gasteiger partial charge in [-0.1, -0.05) is 30.3 Å². The third-order valence-electron chi connectivity index (χ3n) is 3.45. The van der Waals surface area contributed by atoms with Gasteiger partial charge in [-0.15, -0.1) is 0 Å². The lowest BCUT2D eigenvalue weighted by Gasteiger charge is -2.03. The monoisotopic (exact) mass is 304 g/mol. The molecule has 4 aromatic rings. The third kappa shape index (κ3) is 2.34. The summed E-state index contributed by atoms with van der Waals surface area (Å²) in [5, 5.41) is 15.8. The van der Waals surface area contributed by atoms with Crippen molar-refractivity contribution < 1.29 is 4.73 Å². The van der Waals surface area contributed by atoms with Crippen LogP contribution in [0.25, 0.3) is 28.3 Å². The predicted octanol–water partition coefficient (Wildman–Crippen LogP) is 1.67. The van der Waals surface area contributed by atoms with Crippen LogP contribution < -0.4 is 10.5 Å². The number of aromatic nitrogens is 5. The van der Waals surface area contributed by atoms with E-state index in [2.05, 4.69) is 15.1 Å². The van der Waals surface area contributed by atoms with Crippen molar-refractivity contribution in [1.82, 2.24) is 19.6 Å². The molecule has 0 aliphatic carbocycles. The first-order chi connectivity index (χ1) is 11.2. The topological polar surface area (TPSA) is 96.0 Å². The van der Waals surface area contributed by atoms with Crippen LogP contribution in [0.1, 0.15) is 0 Å². The van der Waals surface area contributed by atoms with E-state index in [1.165, 1.54) is 16.9 Å². The van der Waals surface area contributed by atoms with Gasteiger partial charge in [0.25, 0.3) is 0 Å². The number of nitrogens with zero attached hydrogens (tertiary/aromatic N) is 5. The maximum atomic E-state index is 11.4. The van der Waals surface area contributed by atoms with Crippen molar-refractivity contribution in [2.45, 2.75) is 0 Å². The highest BCUT2D eigenvalue weighted by atomic mass is 16.5. The molecule has 0 aliphatic rings. The first-order valence-electron chi connectivity index (χ1n) is 6.98. The van der Waals surface area contributed by atoms with Gasteiger partial charge < -0.3 is 10.9 Å². The molecule has 0 saturated carbocycles. The Bertz CT molecular complexity index is 996. The number of fused-ring (bicyclic) bond motifs is 1. The number of nitrogens with two attached hydrogens (primary N) is 1. The summed E-state index contributed by atoms with van der Waals surface area (Å²) in [4.78, 5) is 8.69. The molecule has 112 valence electrons. The minimum atomic E-state index is 0.216. The van der Waals surface area contributed by atoms with Crippen molar-refractivity contribution in [3.63, 3.8) is 0 Å². The van der Waals surface area contributed by atoms with Crippen molar-refractivity contribution in [3.8, 4) is 22.6 Å². The Labute approximate surface area is 131 Å². The normalized spacial score (nSPS) is 11.0. The maximum Gasteiger partial charge on any atom is 0.225 e. The second-order valence-electron chi connectivity index (χ2n) is 5.02. The summed E-state index contributed by atoms with van der Waals surface area (Å²) < 4.78 is 2.19. The largest absolute Gasteiger partial charge is 0.619 e.